The zero-order chi connectivity index (χ0) is 12.5. The fraction of sp³-hybridized carbons (Fsp3) is 0.500. The first-order valence-corrected chi connectivity index (χ1v) is 5.63. The highest BCUT2D eigenvalue weighted by Crippen LogP contribution is 2.18. The number of aromatic nitrogens is 1. The Hall–Kier alpha value is -1.62. The third-order valence-electron chi connectivity index (χ3n) is 2.72. The monoisotopic (exact) mass is 235 g/mol. The minimum atomic E-state index is -0.290. The normalized spacial score (nSPS) is 19.1. The lowest BCUT2D eigenvalue weighted by atomic mass is 10.1. The summed E-state index contributed by atoms with van der Waals surface area (Å²) in [5.41, 5.74) is 6.24. The van der Waals surface area contributed by atoms with Crippen molar-refractivity contribution in [2.75, 3.05) is 25.4 Å². The van der Waals surface area contributed by atoms with E-state index in [1.807, 2.05) is 13.8 Å². The molecular formula is C12H17N3O2. The molecule has 2 heterocycles. The number of nitrogens with two attached hydrogens (primary N) is 1. The van der Waals surface area contributed by atoms with Gasteiger partial charge in [0.05, 0.1) is 24.1 Å². The van der Waals surface area contributed by atoms with Gasteiger partial charge in [-0.15, -0.1) is 0 Å². The first kappa shape index (κ1) is 11.9. The molecule has 92 valence electrons. The van der Waals surface area contributed by atoms with Crippen LogP contribution in [0, 0.1) is 0 Å². The average molecular weight is 235 g/mol. The number of hydrogen-bond donors (Lipinski definition) is 1. The van der Waals surface area contributed by atoms with Crippen LogP contribution >= 0.6 is 0 Å². The Labute approximate surface area is 101 Å². The highest BCUT2D eigenvalue weighted by atomic mass is 16.5. The Morgan fingerprint density at radius 3 is 2.88 bits per heavy atom. The predicted molar refractivity (Wildman–Crippen MR) is 64.6 cm³/mol. The van der Waals surface area contributed by atoms with E-state index in [4.69, 9.17) is 10.5 Å². The lowest BCUT2D eigenvalue weighted by molar-refractivity contribution is -0.0765. The number of carbonyl (C=O) groups excluding carboxylic acids is 1. The summed E-state index contributed by atoms with van der Waals surface area (Å²) >= 11 is 0. The van der Waals surface area contributed by atoms with Crippen LogP contribution in [0.15, 0.2) is 18.3 Å². The summed E-state index contributed by atoms with van der Waals surface area (Å²) in [6, 6.07) is 3.34. The van der Waals surface area contributed by atoms with Gasteiger partial charge in [-0.3, -0.25) is 4.79 Å². The first-order chi connectivity index (χ1) is 7.98. The Kier molecular flexibility index (Phi) is 3.02. The van der Waals surface area contributed by atoms with Crippen molar-refractivity contribution in [3.63, 3.8) is 0 Å². The van der Waals surface area contributed by atoms with Crippen molar-refractivity contribution < 1.29 is 9.53 Å². The van der Waals surface area contributed by atoms with Crippen LogP contribution in [0.3, 0.4) is 0 Å². The molecule has 5 nitrogen and oxygen atoms in total. The topological polar surface area (TPSA) is 68.5 Å². The third kappa shape index (κ3) is 2.74. The molecule has 5 heteroatoms. The molecule has 2 N–H and O–H groups in total. The third-order valence-corrected chi connectivity index (χ3v) is 2.72. The van der Waals surface area contributed by atoms with Crippen LogP contribution in [0.4, 0.5) is 5.69 Å². The van der Waals surface area contributed by atoms with Crippen LogP contribution in [0.25, 0.3) is 0 Å². The summed E-state index contributed by atoms with van der Waals surface area (Å²) in [7, 11) is 0. The number of pyridine rings is 1. The van der Waals surface area contributed by atoms with Crippen LogP contribution in [0.1, 0.15) is 24.3 Å². The summed E-state index contributed by atoms with van der Waals surface area (Å²) < 4.78 is 5.57. The van der Waals surface area contributed by atoms with Crippen LogP contribution in [-0.4, -0.2) is 41.1 Å². The highest BCUT2D eigenvalue weighted by molar-refractivity contribution is 5.92. The van der Waals surface area contributed by atoms with E-state index in [9.17, 15) is 4.79 Å². The Morgan fingerprint density at radius 2 is 2.29 bits per heavy atom. The Bertz CT molecular complexity index is 414. The summed E-state index contributed by atoms with van der Waals surface area (Å²) in [4.78, 5) is 18.0. The van der Waals surface area contributed by atoms with E-state index >= 15 is 0 Å². The number of nitrogen functional groups attached to an aromatic ring is 1. The van der Waals surface area contributed by atoms with Crippen LogP contribution in [0.2, 0.25) is 0 Å². The van der Waals surface area contributed by atoms with Crippen molar-refractivity contribution in [3.8, 4) is 0 Å². The molecule has 0 saturated carbocycles. The highest BCUT2D eigenvalue weighted by Gasteiger charge is 2.30. The molecule has 1 aliphatic rings. The van der Waals surface area contributed by atoms with Crippen molar-refractivity contribution in [1.29, 1.82) is 0 Å². The second-order valence-electron chi connectivity index (χ2n) is 4.81. The number of nitrogens with zero attached hydrogens (tertiary/aromatic N) is 2. The van der Waals surface area contributed by atoms with Crippen molar-refractivity contribution in [2.24, 2.45) is 0 Å². The Morgan fingerprint density at radius 1 is 1.53 bits per heavy atom. The van der Waals surface area contributed by atoms with Crippen molar-refractivity contribution in [1.82, 2.24) is 9.88 Å². The van der Waals surface area contributed by atoms with Gasteiger partial charge in [0.25, 0.3) is 5.91 Å². The van der Waals surface area contributed by atoms with E-state index in [-0.39, 0.29) is 11.5 Å². The number of carbonyl (C=O) groups is 1. The summed E-state index contributed by atoms with van der Waals surface area (Å²) in [5.74, 6) is -0.0682. The number of ether oxygens (including phenoxy) is 1. The molecule has 1 saturated heterocycles. The summed E-state index contributed by atoms with van der Waals surface area (Å²) in [5, 5.41) is 0. The van der Waals surface area contributed by atoms with Gasteiger partial charge in [-0.25, -0.2) is 4.98 Å². The van der Waals surface area contributed by atoms with Gasteiger partial charge < -0.3 is 15.4 Å². The Balaban J connectivity index is 2.12. The number of morpholine rings is 1. The van der Waals surface area contributed by atoms with Gasteiger partial charge in [0.1, 0.15) is 5.69 Å². The van der Waals surface area contributed by atoms with Crippen LogP contribution in [-0.2, 0) is 4.74 Å². The zero-order valence-corrected chi connectivity index (χ0v) is 10.1. The van der Waals surface area contributed by atoms with Crippen LogP contribution in [0.5, 0.6) is 0 Å². The molecule has 0 spiro atoms. The molecule has 1 aromatic rings. The molecular weight excluding hydrogens is 218 g/mol. The predicted octanol–water partition coefficient (Wildman–Crippen LogP) is 0.915. The van der Waals surface area contributed by atoms with Gasteiger partial charge in [0.2, 0.25) is 0 Å². The second-order valence-corrected chi connectivity index (χ2v) is 4.81. The maximum atomic E-state index is 12.2. The fourth-order valence-corrected chi connectivity index (χ4v) is 1.88. The summed E-state index contributed by atoms with van der Waals surface area (Å²) in [6.07, 6.45) is 1.50. The van der Waals surface area contributed by atoms with Gasteiger partial charge >= 0.3 is 0 Å². The van der Waals surface area contributed by atoms with Crippen molar-refractivity contribution in [3.05, 3.63) is 24.0 Å². The zero-order valence-electron chi connectivity index (χ0n) is 10.1. The quantitative estimate of drug-likeness (QED) is 0.785. The molecule has 0 radical (unpaired) electrons. The maximum Gasteiger partial charge on any atom is 0.272 e. The average Bonchev–Trinajstić information content (AvgIpc) is 2.28. The fourth-order valence-electron chi connectivity index (χ4n) is 1.88. The molecule has 1 aliphatic heterocycles. The largest absolute Gasteiger partial charge is 0.397 e. The number of amides is 1. The van der Waals surface area contributed by atoms with Gasteiger partial charge in [-0.1, -0.05) is 0 Å². The molecule has 2 rings (SSSR count). The minimum Gasteiger partial charge on any atom is -0.397 e. The van der Waals surface area contributed by atoms with E-state index in [0.29, 0.717) is 31.1 Å². The first-order valence-electron chi connectivity index (χ1n) is 5.63. The molecule has 1 amide bonds. The van der Waals surface area contributed by atoms with E-state index < -0.39 is 0 Å². The molecule has 1 fully saturated rings. The number of anilines is 1. The smallest absolute Gasteiger partial charge is 0.272 e. The van der Waals surface area contributed by atoms with Crippen molar-refractivity contribution >= 4 is 11.6 Å². The molecule has 0 unspecified atom stereocenters. The van der Waals surface area contributed by atoms with Gasteiger partial charge in [-0.2, -0.15) is 0 Å². The van der Waals surface area contributed by atoms with E-state index in [1.165, 1.54) is 6.20 Å². The maximum absolute atomic E-state index is 12.2. The molecule has 0 aliphatic carbocycles. The SMILES string of the molecule is CC1(C)CN(C(=O)c2ccc(N)cn2)CCO1. The number of rotatable bonds is 1. The van der Waals surface area contributed by atoms with Gasteiger partial charge in [0.15, 0.2) is 0 Å². The van der Waals surface area contributed by atoms with E-state index in [2.05, 4.69) is 4.98 Å². The molecule has 0 atom stereocenters. The van der Waals surface area contributed by atoms with Gasteiger partial charge in [-0.05, 0) is 26.0 Å². The van der Waals surface area contributed by atoms with Crippen molar-refractivity contribution in [2.45, 2.75) is 19.4 Å². The standard InChI is InChI=1S/C12H17N3O2/c1-12(2)8-15(5-6-17-12)11(16)10-4-3-9(13)7-14-10/h3-4,7H,5-6,8,13H2,1-2H3. The minimum absolute atomic E-state index is 0.0682. The van der Waals surface area contributed by atoms with Gasteiger partial charge in [0, 0.05) is 13.1 Å². The molecule has 1 aromatic heterocycles. The lowest BCUT2D eigenvalue weighted by Crippen LogP contribution is -2.50. The lowest BCUT2D eigenvalue weighted by Gasteiger charge is -2.37. The molecule has 17 heavy (non-hydrogen) atoms. The van der Waals surface area contributed by atoms with E-state index in [0.717, 1.165) is 0 Å². The van der Waals surface area contributed by atoms with E-state index in [1.54, 1.807) is 17.0 Å². The second kappa shape index (κ2) is 4.33. The molecule has 0 aromatic carbocycles. The summed E-state index contributed by atoms with van der Waals surface area (Å²) in [6.45, 7) is 5.70. The molecule has 0 bridgehead atoms. The number of hydrogen-bond acceptors (Lipinski definition) is 4. The van der Waals surface area contributed by atoms with Crippen LogP contribution < -0.4 is 5.73 Å².